The molecule has 0 aliphatic heterocycles. The molecule has 0 spiro atoms. The fourth-order valence-electron chi connectivity index (χ4n) is 0.176. The summed E-state index contributed by atoms with van der Waals surface area (Å²) in [7, 11) is -4.48. The monoisotopic (exact) mass is 194 g/mol. The van der Waals surface area contributed by atoms with Gasteiger partial charge in [-0.25, -0.2) is 12.0 Å². The van der Waals surface area contributed by atoms with Gasteiger partial charge in [0.25, 0.3) is 0 Å². The summed E-state index contributed by atoms with van der Waals surface area (Å²) in [5.41, 5.74) is 0. The molecule has 0 unspecified atom stereocenters. The molecule has 0 aliphatic rings. The molecule has 0 amide bonds. The first kappa shape index (κ1) is 13.8. The standard InChI is InChI=1S/C3H8O4S2.Na/c1-2-3-8-7-9(4,5)6;/h2-3H2,1H3,(H,4,5,6);/q;+1/p-1. The molecule has 0 saturated heterocycles. The summed E-state index contributed by atoms with van der Waals surface area (Å²) >= 11 is 0.660. The minimum Gasteiger partial charge on any atom is -0.725 e. The van der Waals surface area contributed by atoms with E-state index in [9.17, 15) is 13.0 Å². The second-order valence-corrected chi connectivity index (χ2v) is 3.30. The molecule has 0 saturated carbocycles. The Bertz CT molecular complexity index is 154. The van der Waals surface area contributed by atoms with E-state index in [1.54, 1.807) is 0 Å². The third kappa shape index (κ3) is 12.0. The third-order valence-electron chi connectivity index (χ3n) is 0.419. The summed E-state index contributed by atoms with van der Waals surface area (Å²) in [5, 5.41) is 0. The van der Waals surface area contributed by atoms with Crippen LogP contribution < -0.4 is 29.6 Å². The van der Waals surface area contributed by atoms with Gasteiger partial charge < -0.3 is 4.55 Å². The summed E-state index contributed by atoms with van der Waals surface area (Å²) in [6.07, 6.45) is 0.778. The Balaban J connectivity index is 0. The van der Waals surface area contributed by atoms with Gasteiger partial charge in [0, 0.05) is 17.8 Å². The molecule has 56 valence electrons. The van der Waals surface area contributed by atoms with Crippen LogP contribution in [0.4, 0.5) is 0 Å². The Kier molecular flexibility index (Phi) is 9.51. The van der Waals surface area contributed by atoms with Crippen LogP contribution >= 0.6 is 12.0 Å². The maximum absolute atomic E-state index is 9.71. The SMILES string of the molecule is CCCSOS(=O)(=O)[O-].[Na+]. The molecular weight excluding hydrogens is 187 g/mol. The maximum atomic E-state index is 9.71. The zero-order valence-corrected chi connectivity index (χ0v) is 9.50. The molecule has 0 atom stereocenters. The summed E-state index contributed by atoms with van der Waals surface area (Å²) in [4.78, 5) is 0. The van der Waals surface area contributed by atoms with Crippen LogP contribution in [0, 0.1) is 0 Å². The van der Waals surface area contributed by atoms with E-state index in [0.717, 1.165) is 6.42 Å². The molecule has 0 aliphatic carbocycles. The van der Waals surface area contributed by atoms with Gasteiger partial charge in [-0.3, -0.25) is 0 Å². The van der Waals surface area contributed by atoms with Gasteiger partial charge >= 0.3 is 29.6 Å². The third-order valence-corrected chi connectivity index (χ3v) is 2.05. The fraction of sp³-hybridized carbons (Fsp3) is 1.00. The number of hydrogen-bond donors (Lipinski definition) is 0. The predicted molar refractivity (Wildman–Crippen MR) is 33.5 cm³/mol. The van der Waals surface area contributed by atoms with Crippen LogP contribution in [-0.2, 0) is 14.0 Å². The molecule has 0 rings (SSSR count). The zero-order valence-electron chi connectivity index (χ0n) is 5.86. The van der Waals surface area contributed by atoms with Gasteiger partial charge in [-0.2, -0.15) is 0 Å². The van der Waals surface area contributed by atoms with Gasteiger partial charge in [-0.1, -0.05) is 6.92 Å². The first-order valence-electron chi connectivity index (χ1n) is 2.33. The second kappa shape index (κ2) is 6.90. The van der Waals surface area contributed by atoms with Crippen molar-refractivity contribution in [3.8, 4) is 0 Å². The Morgan fingerprint density at radius 1 is 1.60 bits per heavy atom. The summed E-state index contributed by atoms with van der Waals surface area (Å²) in [6.45, 7) is 1.85. The summed E-state index contributed by atoms with van der Waals surface area (Å²) in [5.74, 6) is 0.515. The van der Waals surface area contributed by atoms with Gasteiger partial charge in [-0.05, 0) is 6.42 Å². The van der Waals surface area contributed by atoms with Crippen LogP contribution in [0.15, 0.2) is 0 Å². The van der Waals surface area contributed by atoms with Crippen molar-refractivity contribution >= 4 is 22.4 Å². The Hall–Kier alpha value is 1.22. The second-order valence-electron chi connectivity index (χ2n) is 1.30. The fourth-order valence-corrected chi connectivity index (χ4v) is 1.09. The maximum Gasteiger partial charge on any atom is 1.00 e. The van der Waals surface area contributed by atoms with Crippen molar-refractivity contribution in [3.05, 3.63) is 0 Å². The van der Waals surface area contributed by atoms with E-state index in [-0.39, 0.29) is 29.6 Å². The van der Waals surface area contributed by atoms with E-state index in [1.807, 2.05) is 6.92 Å². The molecule has 0 fully saturated rings. The number of rotatable bonds is 4. The first-order valence-corrected chi connectivity index (χ1v) is 4.57. The van der Waals surface area contributed by atoms with E-state index >= 15 is 0 Å². The van der Waals surface area contributed by atoms with Crippen molar-refractivity contribution in [3.63, 3.8) is 0 Å². The normalized spacial score (nSPS) is 10.6. The first-order chi connectivity index (χ1) is 4.06. The van der Waals surface area contributed by atoms with Crippen LogP contribution in [0.25, 0.3) is 0 Å². The van der Waals surface area contributed by atoms with E-state index in [1.165, 1.54) is 0 Å². The molecule has 0 heterocycles. The topological polar surface area (TPSA) is 66.4 Å². The number of hydrogen-bond acceptors (Lipinski definition) is 5. The molecule has 0 aromatic rings. The molecule has 0 bridgehead atoms. The van der Waals surface area contributed by atoms with E-state index in [0.29, 0.717) is 17.8 Å². The van der Waals surface area contributed by atoms with E-state index in [2.05, 4.69) is 3.63 Å². The van der Waals surface area contributed by atoms with Crippen LogP contribution in [0.1, 0.15) is 13.3 Å². The molecule has 0 radical (unpaired) electrons. The molecule has 0 aromatic heterocycles. The largest absolute Gasteiger partial charge is 1.00 e. The van der Waals surface area contributed by atoms with Crippen molar-refractivity contribution < 1.29 is 46.2 Å². The Labute approximate surface area is 87.2 Å². The van der Waals surface area contributed by atoms with Gasteiger partial charge in [0.05, 0.1) is 0 Å². The summed E-state index contributed by atoms with van der Waals surface area (Å²) < 4.78 is 32.9. The minimum atomic E-state index is -4.48. The quantitative estimate of drug-likeness (QED) is 0.163. The van der Waals surface area contributed by atoms with Crippen molar-refractivity contribution in [2.45, 2.75) is 13.3 Å². The molecule has 7 heteroatoms. The Morgan fingerprint density at radius 3 is 2.40 bits per heavy atom. The average molecular weight is 194 g/mol. The van der Waals surface area contributed by atoms with Gasteiger partial charge in [-0.15, -0.1) is 0 Å². The van der Waals surface area contributed by atoms with E-state index in [4.69, 9.17) is 0 Å². The van der Waals surface area contributed by atoms with Crippen LogP contribution in [0.5, 0.6) is 0 Å². The van der Waals surface area contributed by atoms with E-state index < -0.39 is 10.4 Å². The summed E-state index contributed by atoms with van der Waals surface area (Å²) in [6, 6.07) is 0. The van der Waals surface area contributed by atoms with Crippen molar-refractivity contribution in [2.75, 3.05) is 5.75 Å². The molecular formula is C3H7NaO4S2. The molecule has 10 heavy (non-hydrogen) atoms. The zero-order chi connectivity index (χ0) is 7.33. The minimum absolute atomic E-state index is 0. The van der Waals surface area contributed by atoms with Crippen LogP contribution in [-0.4, -0.2) is 18.7 Å². The van der Waals surface area contributed by atoms with Gasteiger partial charge in [0.15, 0.2) is 0 Å². The van der Waals surface area contributed by atoms with Gasteiger partial charge in [0.2, 0.25) is 10.4 Å². The van der Waals surface area contributed by atoms with Crippen molar-refractivity contribution in [1.29, 1.82) is 0 Å². The van der Waals surface area contributed by atoms with Crippen molar-refractivity contribution in [1.82, 2.24) is 0 Å². The smallest absolute Gasteiger partial charge is 0.725 e. The Morgan fingerprint density at radius 2 is 2.10 bits per heavy atom. The van der Waals surface area contributed by atoms with Crippen LogP contribution in [0.2, 0.25) is 0 Å². The average Bonchev–Trinajstić information content (AvgIpc) is 1.63. The van der Waals surface area contributed by atoms with Crippen molar-refractivity contribution in [2.24, 2.45) is 0 Å². The molecule has 0 aromatic carbocycles. The molecule has 4 nitrogen and oxygen atoms in total. The van der Waals surface area contributed by atoms with Gasteiger partial charge in [0.1, 0.15) is 0 Å². The predicted octanol–water partition coefficient (Wildman–Crippen LogP) is -2.47. The molecule has 0 N–H and O–H groups in total. The van der Waals surface area contributed by atoms with Crippen LogP contribution in [0.3, 0.4) is 0 Å².